The minimum atomic E-state index is -0.417. The number of esters is 1. The van der Waals surface area contributed by atoms with E-state index < -0.39 is 5.97 Å². The second-order valence-corrected chi connectivity index (χ2v) is 4.79. The van der Waals surface area contributed by atoms with E-state index in [-0.39, 0.29) is 0 Å². The molecule has 0 unspecified atom stereocenters. The van der Waals surface area contributed by atoms with Crippen molar-refractivity contribution in [3.05, 3.63) is 66.1 Å². The minimum Gasteiger partial charge on any atom is -0.423 e. The van der Waals surface area contributed by atoms with E-state index in [0.29, 0.717) is 23.8 Å². The summed E-state index contributed by atoms with van der Waals surface area (Å²) in [6.45, 7) is 0.506. The van der Waals surface area contributed by atoms with E-state index in [1.165, 1.54) is 6.39 Å². The van der Waals surface area contributed by atoms with Crippen molar-refractivity contribution in [1.29, 1.82) is 0 Å². The highest BCUT2D eigenvalue weighted by atomic mass is 16.5. The number of benzene rings is 2. The van der Waals surface area contributed by atoms with Crippen LogP contribution in [-0.2, 0) is 11.3 Å². The number of carbonyl (C=O) groups excluding carboxylic acids is 1. The Morgan fingerprint density at radius 2 is 1.83 bits per heavy atom. The third-order valence-corrected chi connectivity index (χ3v) is 3.17. The molecular formula is C17H14N2O4. The number of nitrogens with zero attached hydrogens (tertiary/aromatic N) is 2. The molecule has 6 nitrogen and oxygen atoms in total. The standard InChI is InChI=1S/C17H14N2O4/c1-21-10-12-2-4-14(5-3-12)17(20)23-15-8-6-13(7-9-15)16-19-18-11-22-16/h2-9,11H,10H2,1H3. The van der Waals surface area contributed by atoms with Gasteiger partial charge in [-0.2, -0.15) is 0 Å². The summed E-state index contributed by atoms with van der Waals surface area (Å²) >= 11 is 0. The molecule has 0 saturated heterocycles. The van der Waals surface area contributed by atoms with Gasteiger partial charge in [0.1, 0.15) is 5.75 Å². The molecule has 0 aliphatic carbocycles. The zero-order valence-electron chi connectivity index (χ0n) is 12.4. The van der Waals surface area contributed by atoms with Crippen molar-refractivity contribution < 1.29 is 18.7 Å². The van der Waals surface area contributed by atoms with Crippen molar-refractivity contribution in [3.63, 3.8) is 0 Å². The zero-order chi connectivity index (χ0) is 16.1. The molecule has 0 spiro atoms. The minimum absolute atomic E-state index is 0.414. The second-order valence-electron chi connectivity index (χ2n) is 4.79. The lowest BCUT2D eigenvalue weighted by Gasteiger charge is -2.06. The van der Waals surface area contributed by atoms with Gasteiger partial charge in [0.2, 0.25) is 12.3 Å². The number of hydrogen-bond donors (Lipinski definition) is 0. The van der Waals surface area contributed by atoms with Crippen molar-refractivity contribution in [3.8, 4) is 17.2 Å². The lowest BCUT2D eigenvalue weighted by Crippen LogP contribution is -2.08. The first-order valence-electron chi connectivity index (χ1n) is 6.93. The molecule has 0 N–H and O–H groups in total. The second kappa shape index (κ2) is 6.85. The lowest BCUT2D eigenvalue weighted by atomic mass is 10.1. The average molecular weight is 310 g/mol. The van der Waals surface area contributed by atoms with E-state index >= 15 is 0 Å². The predicted molar refractivity (Wildman–Crippen MR) is 81.8 cm³/mol. The number of ether oxygens (including phenoxy) is 2. The van der Waals surface area contributed by atoms with Crippen LogP contribution in [0.5, 0.6) is 5.75 Å². The molecule has 0 saturated carbocycles. The fraction of sp³-hybridized carbons (Fsp3) is 0.118. The van der Waals surface area contributed by atoms with Crippen LogP contribution in [0, 0.1) is 0 Å². The van der Waals surface area contributed by atoms with E-state index in [1.807, 2.05) is 12.1 Å². The summed E-state index contributed by atoms with van der Waals surface area (Å²) < 4.78 is 15.5. The number of rotatable bonds is 5. The molecule has 6 heteroatoms. The number of hydrogen-bond acceptors (Lipinski definition) is 6. The molecule has 0 fully saturated rings. The Bertz CT molecular complexity index is 765. The lowest BCUT2D eigenvalue weighted by molar-refractivity contribution is 0.0734. The first-order chi connectivity index (χ1) is 11.3. The van der Waals surface area contributed by atoms with Crippen LogP contribution in [0.15, 0.2) is 59.3 Å². The quantitative estimate of drug-likeness (QED) is 0.532. The summed E-state index contributed by atoms with van der Waals surface area (Å²) in [6.07, 6.45) is 1.26. The first kappa shape index (κ1) is 14.9. The average Bonchev–Trinajstić information content (AvgIpc) is 3.11. The number of carbonyl (C=O) groups is 1. The Kier molecular flexibility index (Phi) is 4.44. The molecule has 0 amide bonds. The predicted octanol–water partition coefficient (Wildman–Crippen LogP) is 3.10. The Balaban J connectivity index is 1.67. The largest absolute Gasteiger partial charge is 0.423 e. The van der Waals surface area contributed by atoms with Crippen molar-refractivity contribution in [2.75, 3.05) is 7.11 Å². The molecule has 1 aromatic heterocycles. The maximum absolute atomic E-state index is 12.1. The summed E-state index contributed by atoms with van der Waals surface area (Å²) in [4.78, 5) is 12.1. The molecule has 116 valence electrons. The van der Waals surface area contributed by atoms with Gasteiger partial charge in [-0.3, -0.25) is 0 Å². The van der Waals surface area contributed by atoms with Gasteiger partial charge in [0.15, 0.2) is 0 Å². The first-order valence-corrected chi connectivity index (χ1v) is 6.93. The molecule has 23 heavy (non-hydrogen) atoms. The third kappa shape index (κ3) is 3.61. The molecule has 3 aromatic rings. The maximum atomic E-state index is 12.1. The molecular weight excluding hydrogens is 296 g/mol. The summed E-state index contributed by atoms with van der Waals surface area (Å²) in [5.74, 6) is 0.440. The fourth-order valence-corrected chi connectivity index (χ4v) is 2.03. The molecule has 3 rings (SSSR count). The summed E-state index contributed by atoms with van der Waals surface area (Å²) in [5, 5.41) is 7.43. The van der Waals surface area contributed by atoms with Gasteiger partial charge in [0, 0.05) is 12.7 Å². The molecule has 0 radical (unpaired) electrons. The molecule has 1 heterocycles. The molecule has 0 atom stereocenters. The van der Waals surface area contributed by atoms with Gasteiger partial charge < -0.3 is 13.9 Å². The smallest absolute Gasteiger partial charge is 0.343 e. The zero-order valence-corrected chi connectivity index (χ0v) is 12.4. The highest BCUT2D eigenvalue weighted by molar-refractivity contribution is 5.91. The Morgan fingerprint density at radius 3 is 2.43 bits per heavy atom. The van der Waals surface area contributed by atoms with Crippen molar-refractivity contribution in [1.82, 2.24) is 10.2 Å². The summed E-state index contributed by atoms with van der Waals surface area (Å²) in [6, 6.07) is 13.9. The SMILES string of the molecule is COCc1ccc(C(=O)Oc2ccc(-c3nnco3)cc2)cc1. The highest BCUT2D eigenvalue weighted by Crippen LogP contribution is 2.21. The monoisotopic (exact) mass is 310 g/mol. The third-order valence-electron chi connectivity index (χ3n) is 3.17. The topological polar surface area (TPSA) is 74.5 Å². The highest BCUT2D eigenvalue weighted by Gasteiger charge is 2.09. The van der Waals surface area contributed by atoms with Crippen LogP contribution in [0.2, 0.25) is 0 Å². The van der Waals surface area contributed by atoms with Gasteiger partial charge >= 0.3 is 5.97 Å². The van der Waals surface area contributed by atoms with E-state index in [4.69, 9.17) is 13.9 Å². The van der Waals surface area contributed by atoms with Crippen LogP contribution in [0.1, 0.15) is 15.9 Å². The van der Waals surface area contributed by atoms with Gasteiger partial charge in [-0.15, -0.1) is 10.2 Å². The van der Waals surface area contributed by atoms with Gasteiger partial charge in [-0.25, -0.2) is 4.79 Å². The molecule has 0 aliphatic rings. The normalized spacial score (nSPS) is 10.5. The van der Waals surface area contributed by atoms with E-state index in [0.717, 1.165) is 11.1 Å². The van der Waals surface area contributed by atoms with E-state index in [9.17, 15) is 4.79 Å². The van der Waals surface area contributed by atoms with E-state index in [1.54, 1.807) is 43.5 Å². The van der Waals surface area contributed by atoms with E-state index in [2.05, 4.69) is 10.2 Å². The van der Waals surface area contributed by atoms with Crippen molar-refractivity contribution in [2.45, 2.75) is 6.61 Å². The van der Waals surface area contributed by atoms with Crippen LogP contribution in [0.25, 0.3) is 11.5 Å². The maximum Gasteiger partial charge on any atom is 0.343 e. The number of methoxy groups -OCH3 is 1. The summed E-state index contributed by atoms with van der Waals surface area (Å²) in [5.41, 5.74) is 2.23. The van der Waals surface area contributed by atoms with Crippen LogP contribution < -0.4 is 4.74 Å². The van der Waals surface area contributed by atoms with Crippen LogP contribution in [0.4, 0.5) is 0 Å². The van der Waals surface area contributed by atoms with Crippen LogP contribution in [0.3, 0.4) is 0 Å². The summed E-state index contributed by atoms with van der Waals surface area (Å²) in [7, 11) is 1.63. The molecule has 0 bridgehead atoms. The Hall–Kier alpha value is -2.99. The van der Waals surface area contributed by atoms with Gasteiger partial charge in [0.05, 0.1) is 12.2 Å². The van der Waals surface area contributed by atoms with Gasteiger partial charge in [-0.1, -0.05) is 12.1 Å². The Morgan fingerprint density at radius 1 is 1.09 bits per heavy atom. The van der Waals surface area contributed by atoms with Gasteiger partial charge in [-0.05, 0) is 42.0 Å². The van der Waals surface area contributed by atoms with Gasteiger partial charge in [0.25, 0.3) is 0 Å². The molecule has 2 aromatic carbocycles. The molecule has 0 aliphatic heterocycles. The van der Waals surface area contributed by atoms with Crippen LogP contribution >= 0.6 is 0 Å². The van der Waals surface area contributed by atoms with Crippen LogP contribution in [-0.4, -0.2) is 23.3 Å². The fourth-order valence-electron chi connectivity index (χ4n) is 2.03. The van der Waals surface area contributed by atoms with Crippen molar-refractivity contribution in [2.24, 2.45) is 0 Å². The van der Waals surface area contributed by atoms with Crippen molar-refractivity contribution >= 4 is 5.97 Å². The number of aromatic nitrogens is 2. The Labute approximate surface area is 132 Å².